The molecule has 0 unspecified atom stereocenters. The number of ether oxygens (including phenoxy) is 1. The van der Waals surface area contributed by atoms with Gasteiger partial charge in [-0.25, -0.2) is 22.2 Å². The number of methoxy groups -OCH3 is 1. The minimum atomic E-state index is -3.27. The Morgan fingerprint density at radius 2 is 2.28 bits per heavy atom. The van der Waals surface area contributed by atoms with Crippen LogP contribution in [0, 0.1) is 0 Å². The molecule has 0 aromatic carbocycles. The second-order valence-corrected chi connectivity index (χ2v) is 6.02. The van der Waals surface area contributed by atoms with Crippen molar-refractivity contribution in [1.82, 2.24) is 14.6 Å². The number of anilines is 1. The van der Waals surface area contributed by atoms with Crippen molar-refractivity contribution in [1.29, 1.82) is 0 Å². The normalized spacial score (nSPS) is 18.4. The Morgan fingerprint density at radius 3 is 2.94 bits per heavy atom. The monoisotopic (exact) mass is 268 g/mol. The summed E-state index contributed by atoms with van der Waals surface area (Å²) < 4.78 is 31.9. The van der Waals surface area contributed by atoms with E-state index in [1.807, 2.05) is 0 Å². The molecule has 1 aliphatic rings. The maximum absolute atomic E-state index is 11.9. The van der Waals surface area contributed by atoms with Gasteiger partial charge in [0.1, 0.15) is 0 Å². The maximum atomic E-state index is 11.9. The number of aromatic nitrogens is 3. The van der Waals surface area contributed by atoms with Crippen LogP contribution < -0.4 is 9.04 Å². The van der Waals surface area contributed by atoms with Gasteiger partial charge in [0.25, 0.3) is 0 Å². The molecule has 2 aromatic heterocycles. The van der Waals surface area contributed by atoms with Crippen LogP contribution in [0.4, 0.5) is 5.82 Å². The quantitative estimate of drug-likeness (QED) is 0.781. The lowest BCUT2D eigenvalue weighted by molar-refractivity contribution is 0.413. The average molecular weight is 268 g/mol. The highest BCUT2D eigenvalue weighted by Gasteiger charge is 2.32. The molecule has 0 radical (unpaired) electrons. The van der Waals surface area contributed by atoms with E-state index in [1.165, 1.54) is 15.9 Å². The van der Waals surface area contributed by atoms with E-state index in [4.69, 9.17) is 4.74 Å². The largest absolute Gasteiger partial charge is 0.493 e. The molecule has 3 heterocycles. The second-order valence-electron chi connectivity index (χ2n) is 4.01. The summed E-state index contributed by atoms with van der Waals surface area (Å²) in [5.74, 6) is 0.888. The smallest absolute Gasteiger partial charge is 0.236 e. The molecule has 2 aromatic rings. The highest BCUT2D eigenvalue weighted by molar-refractivity contribution is 7.93. The Kier molecular flexibility index (Phi) is 2.40. The van der Waals surface area contributed by atoms with Crippen molar-refractivity contribution in [2.75, 3.05) is 23.7 Å². The summed E-state index contributed by atoms with van der Waals surface area (Å²) in [5, 5.41) is 4.26. The minimum Gasteiger partial charge on any atom is -0.493 e. The SMILES string of the molecule is COc1cc2nccn2nc1N1CCCS1(=O)=O. The number of sulfonamides is 1. The van der Waals surface area contributed by atoms with Gasteiger partial charge in [-0.05, 0) is 6.42 Å². The van der Waals surface area contributed by atoms with E-state index in [0.717, 1.165) is 0 Å². The molecule has 18 heavy (non-hydrogen) atoms. The fourth-order valence-electron chi connectivity index (χ4n) is 2.03. The molecule has 0 amide bonds. The van der Waals surface area contributed by atoms with Gasteiger partial charge in [0, 0.05) is 25.0 Å². The summed E-state index contributed by atoms with van der Waals surface area (Å²) in [6.07, 6.45) is 3.88. The van der Waals surface area contributed by atoms with Crippen molar-refractivity contribution in [3.8, 4) is 5.75 Å². The molecule has 1 fully saturated rings. The number of rotatable bonds is 2. The molecule has 0 saturated carbocycles. The van der Waals surface area contributed by atoms with E-state index in [2.05, 4.69) is 10.1 Å². The molecule has 1 saturated heterocycles. The van der Waals surface area contributed by atoms with Crippen LogP contribution in [-0.2, 0) is 10.0 Å². The van der Waals surface area contributed by atoms with E-state index in [1.54, 1.807) is 18.5 Å². The maximum Gasteiger partial charge on any atom is 0.236 e. The summed E-state index contributed by atoms with van der Waals surface area (Å²) in [6.45, 7) is 0.436. The molecule has 0 N–H and O–H groups in total. The zero-order valence-electron chi connectivity index (χ0n) is 9.78. The van der Waals surface area contributed by atoms with Gasteiger partial charge >= 0.3 is 0 Å². The minimum absolute atomic E-state index is 0.153. The van der Waals surface area contributed by atoms with Crippen LogP contribution in [0.3, 0.4) is 0 Å². The van der Waals surface area contributed by atoms with Crippen LogP contribution >= 0.6 is 0 Å². The van der Waals surface area contributed by atoms with Crippen molar-refractivity contribution in [3.05, 3.63) is 18.5 Å². The number of hydrogen-bond acceptors (Lipinski definition) is 5. The summed E-state index contributed by atoms with van der Waals surface area (Å²) in [7, 11) is -1.78. The van der Waals surface area contributed by atoms with E-state index < -0.39 is 10.0 Å². The molecule has 7 nitrogen and oxygen atoms in total. The zero-order valence-corrected chi connectivity index (χ0v) is 10.6. The van der Waals surface area contributed by atoms with Crippen LogP contribution in [0.2, 0.25) is 0 Å². The van der Waals surface area contributed by atoms with E-state index in [9.17, 15) is 8.42 Å². The Hall–Kier alpha value is -1.83. The van der Waals surface area contributed by atoms with Crippen molar-refractivity contribution < 1.29 is 13.2 Å². The van der Waals surface area contributed by atoms with Crippen molar-refractivity contribution in [2.45, 2.75) is 6.42 Å². The van der Waals surface area contributed by atoms with E-state index in [0.29, 0.717) is 30.2 Å². The molecule has 0 spiro atoms. The molecule has 0 aliphatic carbocycles. The summed E-state index contributed by atoms with van der Waals surface area (Å²) in [6, 6.07) is 1.68. The average Bonchev–Trinajstić information content (AvgIpc) is 2.92. The third-order valence-corrected chi connectivity index (χ3v) is 4.72. The van der Waals surface area contributed by atoms with E-state index >= 15 is 0 Å². The van der Waals surface area contributed by atoms with Gasteiger partial charge in [-0.2, -0.15) is 0 Å². The Labute approximate surface area is 104 Å². The lowest BCUT2D eigenvalue weighted by Gasteiger charge is -2.18. The number of nitrogens with zero attached hydrogens (tertiary/aromatic N) is 4. The van der Waals surface area contributed by atoms with Crippen LogP contribution in [0.25, 0.3) is 5.65 Å². The predicted molar refractivity (Wildman–Crippen MR) is 65.3 cm³/mol. The van der Waals surface area contributed by atoms with Gasteiger partial charge < -0.3 is 4.74 Å². The van der Waals surface area contributed by atoms with Gasteiger partial charge in [-0.3, -0.25) is 0 Å². The van der Waals surface area contributed by atoms with Crippen LogP contribution in [0.1, 0.15) is 6.42 Å². The lowest BCUT2D eigenvalue weighted by atomic mass is 10.4. The number of imidazole rings is 1. The molecule has 0 bridgehead atoms. The molecular formula is C10H12N4O3S. The van der Waals surface area contributed by atoms with Gasteiger partial charge in [-0.15, -0.1) is 5.10 Å². The van der Waals surface area contributed by atoms with Gasteiger partial charge in [-0.1, -0.05) is 0 Å². The van der Waals surface area contributed by atoms with Gasteiger partial charge in [0.2, 0.25) is 15.8 Å². The van der Waals surface area contributed by atoms with Gasteiger partial charge in [0.15, 0.2) is 11.4 Å². The highest BCUT2D eigenvalue weighted by Crippen LogP contribution is 2.31. The first-order chi connectivity index (χ1) is 8.62. The zero-order chi connectivity index (χ0) is 12.8. The fraction of sp³-hybridized carbons (Fsp3) is 0.400. The first-order valence-electron chi connectivity index (χ1n) is 5.50. The first-order valence-corrected chi connectivity index (χ1v) is 7.11. The third-order valence-electron chi connectivity index (χ3n) is 2.89. The standard InChI is InChI=1S/C10H12N4O3S/c1-17-8-7-9-11-3-5-13(9)12-10(8)14-4-2-6-18(14,15)16/h3,5,7H,2,4,6H2,1H3. The summed E-state index contributed by atoms with van der Waals surface area (Å²) in [5.41, 5.74) is 0.618. The molecule has 96 valence electrons. The van der Waals surface area contributed by atoms with Gasteiger partial charge in [0.05, 0.1) is 12.9 Å². The fourth-order valence-corrected chi connectivity index (χ4v) is 3.54. The molecule has 0 atom stereocenters. The third kappa shape index (κ3) is 1.60. The molecule has 1 aliphatic heterocycles. The first kappa shape index (κ1) is 11.3. The van der Waals surface area contributed by atoms with Crippen LogP contribution in [0.15, 0.2) is 18.5 Å². The van der Waals surface area contributed by atoms with Crippen LogP contribution in [0.5, 0.6) is 5.75 Å². The van der Waals surface area contributed by atoms with E-state index in [-0.39, 0.29) is 5.75 Å². The second kappa shape index (κ2) is 3.84. The topological polar surface area (TPSA) is 76.8 Å². The molecule has 8 heteroatoms. The van der Waals surface area contributed by atoms with Crippen molar-refractivity contribution in [3.63, 3.8) is 0 Å². The molecule has 3 rings (SSSR count). The predicted octanol–water partition coefficient (Wildman–Crippen LogP) is 0.278. The number of hydrogen-bond donors (Lipinski definition) is 0. The van der Waals surface area contributed by atoms with Crippen molar-refractivity contribution in [2.24, 2.45) is 0 Å². The Morgan fingerprint density at radius 1 is 1.44 bits per heavy atom. The highest BCUT2D eigenvalue weighted by atomic mass is 32.2. The molecular weight excluding hydrogens is 256 g/mol. The summed E-state index contributed by atoms with van der Waals surface area (Å²) >= 11 is 0. The summed E-state index contributed by atoms with van der Waals surface area (Å²) in [4.78, 5) is 4.08. The lowest BCUT2D eigenvalue weighted by Crippen LogP contribution is -2.27. The van der Waals surface area contributed by atoms with Crippen molar-refractivity contribution >= 4 is 21.5 Å². The Balaban J connectivity index is 2.20. The number of fused-ring (bicyclic) bond motifs is 1. The van der Waals surface area contributed by atoms with Crippen LogP contribution in [-0.4, -0.2) is 42.4 Å². The Bertz CT molecular complexity index is 694.